The summed E-state index contributed by atoms with van der Waals surface area (Å²) in [5, 5.41) is 12.3. The molecule has 1 rings (SSSR count). The van der Waals surface area contributed by atoms with Crippen LogP contribution in [0.2, 0.25) is 0 Å². The maximum absolute atomic E-state index is 11.4. The number of nitrogens with one attached hydrogen (secondary N) is 1. The fourth-order valence-electron chi connectivity index (χ4n) is 2.79. The van der Waals surface area contributed by atoms with E-state index in [4.69, 9.17) is 0 Å². The smallest absolute Gasteiger partial charge is 0.323 e. The zero-order chi connectivity index (χ0) is 16.0. The third kappa shape index (κ3) is 5.54. The van der Waals surface area contributed by atoms with Gasteiger partial charge in [-0.15, -0.1) is 0 Å². The first-order chi connectivity index (χ1) is 9.78. The first-order valence-electron chi connectivity index (χ1n) is 7.82. The van der Waals surface area contributed by atoms with Gasteiger partial charge >= 0.3 is 5.97 Å². The molecule has 6 heteroatoms. The monoisotopic (exact) mass is 300 g/mol. The van der Waals surface area contributed by atoms with Crippen molar-refractivity contribution >= 4 is 5.97 Å². The van der Waals surface area contributed by atoms with Gasteiger partial charge in [0.2, 0.25) is 0 Å². The minimum Gasteiger partial charge on any atom is -0.480 e. The zero-order valence-electron chi connectivity index (χ0n) is 14.2. The summed E-state index contributed by atoms with van der Waals surface area (Å²) < 4.78 is 0. The maximum Gasteiger partial charge on any atom is 0.323 e. The number of aliphatic carboxylic acids is 1. The van der Waals surface area contributed by atoms with Crippen LogP contribution in [0.4, 0.5) is 0 Å². The van der Waals surface area contributed by atoms with Crippen LogP contribution in [-0.2, 0) is 4.79 Å². The lowest BCUT2D eigenvalue weighted by atomic mass is 9.93. The fourth-order valence-corrected chi connectivity index (χ4v) is 2.79. The molecule has 21 heavy (non-hydrogen) atoms. The summed E-state index contributed by atoms with van der Waals surface area (Å²) in [5.74, 6) is -0.776. The van der Waals surface area contributed by atoms with Gasteiger partial charge in [0, 0.05) is 45.3 Å². The summed E-state index contributed by atoms with van der Waals surface area (Å²) in [6.07, 6.45) is 0.622. The highest BCUT2D eigenvalue weighted by molar-refractivity contribution is 5.78. The first-order valence-corrected chi connectivity index (χ1v) is 7.82. The van der Waals surface area contributed by atoms with Crippen molar-refractivity contribution in [3.05, 3.63) is 0 Å². The van der Waals surface area contributed by atoms with Crippen LogP contribution >= 0.6 is 0 Å². The van der Waals surface area contributed by atoms with E-state index in [9.17, 15) is 9.90 Å². The highest BCUT2D eigenvalue weighted by Crippen LogP contribution is 2.18. The quantitative estimate of drug-likeness (QED) is 0.658. The molecule has 0 aliphatic carbocycles. The molecule has 0 aromatic rings. The Labute approximate surface area is 129 Å². The van der Waals surface area contributed by atoms with E-state index in [1.165, 1.54) is 0 Å². The van der Waals surface area contributed by atoms with E-state index in [0.717, 1.165) is 39.3 Å². The first kappa shape index (κ1) is 18.4. The number of carboxylic acids is 1. The van der Waals surface area contributed by atoms with Crippen LogP contribution in [0, 0.1) is 0 Å². The summed E-state index contributed by atoms with van der Waals surface area (Å²) in [6, 6.07) is 0.273. The van der Waals surface area contributed by atoms with Gasteiger partial charge in [-0.25, -0.2) is 0 Å². The van der Waals surface area contributed by atoms with Gasteiger partial charge in [0.15, 0.2) is 0 Å². The standard InChI is InChI=1S/C15H32N4O2/c1-13(12-15(2,16-3)14(20)21)19-10-8-18(9-11-19)7-6-17(4)5/h13,16H,6-12H2,1-5H3,(H,20,21). The normalized spacial score (nSPS) is 22.2. The minimum absolute atomic E-state index is 0.273. The van der Waals surface area contributed by atoms with E-state index < -0.39 is 11.5 Å². The van der Waals surface area contributed by atoms with E-state index in [-0.39, 0.29) is 6.04 Å². The summed E-state index contributed by atoms with van der Waals surface area (Å²) in [7, 11) is 5.92. The Balaban J connectivity index is 2.41. The molecule has 2 N–H and O–H groups in total. The average Bonchev–Trinajstić information content (AvgIpc) is 2.45. The molecule has 1 aliphatic rings. The molecule has 0 aromatic carbocycles. The van der Waals surface area contributed by atoms with Crippen molar-refractivity contribution in [1.29, 1.82) is 0 Å². The Morgan fingerprint density at radius 3 is 2.33 bits per heavy atom. The van der Waals surface area contributed by atoms with Crippen LogP contribution in [0.15, 0.2) is 0 Å². The number of carbonyl (C=O) groups is 1. The molecule has 2 unspecified atom stereocenters. The third-order valence-corrected chi connectivity index (χ3v) is 4.62. The third-order valence-electron chi connectivity index (χ3n) is 4.62. The molecule has 1 heterocycles. The number of hydrogen-bond donors (Lipinski definition) is 2. The fraction of sp³-hybridized carbons (Fsp3) is 0.933. The maximum atomic E-state index is 11.4. The molecule has 124 valence electrons. The van der Waals surface area contributed by atoms with Crippen molar-refractivity contribution in [3.8, 4) is 0 Å². The Morgan fingerprint density at radius 1 is 1.33 bits per heavy atom. The Morgan fingerprint density at radius 2 is 1.90 bits per heavy atom. The predicted octanol–water partition coefficient (Wildman–Crippen LogP) is 0.00690. The molecular weight excluding hydrogens is 268 g/mol. The van der Waals surface area contributed by atoms with Crippen molar-refractivity contribution < 1.29 is 9.90 Å². The molecular formula is C15H32N4O2. The van der Waals surface area contributed by atoms with E-state index in [1.807, 2.05) is 0 Å². The second-order valence-corrected chi connectivity index (χ2v) is 6.62. The van der Waals surface area contributed by atoms with Gasteiger partial charge in [-0.3, -0.25) is 14.6 Å². The van der Waals surface area contributed by atoms with E-state index in [0.29, 0.717) is 6.42 Å². The second kappa shape index (κ2) is 8.08. The Bertz CT molecular complexity index is 330. The molecule has 1 fully saturated rings. The Hall–Kier alpha value is -0.690. The van der Waals surface area contributed by atoms with Gasteiger partial charge in [-0.2, -0.15) is 0 Å². The molecule has 0 aromatic heterocycles. The van der Waals surface area contributed by atoms with Gasteiger partial charge in [-0.05, 0) is 41.4 Å². The average molecular weight is 300 g/mol. The molecule has 2 atom stereocenters. The summed E-state index contributed by atoms with van der Waals surface area (Å²) in [5.41, 5.74) is -0.846. The van der Waals surface area contributed by atoms with Gasteiger partial charge in [0.1, 0.15) is 5.54 Å². The van der Waals surface area contributed by atoms with Crippen LogP contribution in [-0.4, -0.2) is 97.8 Å². The van der Waals surface area contributed by atoms with Crippen LogP contribution in [0.1, 0.15) is 20.3 Å². The highest BCUT2D eigenvalue weighted by atomic mass is 16.4. The molecule has 0 radical (unpaired) electrons. The molecule has 1 aliphatic heterocycles. The minimum atomic E-state index is -0.846. The van der Waals surface area contributed by atoms with Crippen LogP contribution < -0.4 is 5.32 Å². The van der Waals surface area contributed by atoms with Gasteiger partial charge in [0.05, 0.1) is 0 Å². The SMILES string of the molecule is CNC(C)(CC(C)N1CCN(CCN(C)C)CC1)C(=O)O. The number of nitrogens with zero attached hydrogens (tertiary/aromatic N) is 3. The summed E-state index contributed by atoms with van der Waals surface area (Å²) >= 11 is 0. The number of likely N-dealkylation sites (N-methyl/N-ethyl adjacent to an activating group) is 2. The van der Waals surface area contributed by atoms with Crippen molar-refractivity contribution in [2.45, 2.75) is 31.8 Å². The molecule has 0 spiro atoms. The van der Waals surface area contributed by atoms with Gasteiger partial charge < -0.3 is 15.3 Å². The predicted molar refractivity (Wildman–Crippen MR) is 85.7 cm³/mol. The van der Waals surface area contributed by atoms with Crippen molar-refractivity contribution in [3.63, 3.8) is 0 Å². The summed E-state index contributed by atoms with van der Waals surface area (Å²) in [4.78, 5) is 18.5. The highest BCUT2D eigenvalue weighted by Gasteiger charge is 2.35. The molecule has 0 amide bonds. The van der Waals surface area contributed by atoms with Gasteiger partial charge in [0.25, 0.3) is 0 Å². The lowest BCUT2D eigenvalue weighted by Gasteiger charge is -2.40. The largest absolute Gasteiger partial charge is 0.480 e. The van der Waals surface area contributed by atoms with Crippen molar-refractivity contribution in [2.24, 2.45) is 0 Å². The molecule has 0 saturated carbocycles. The van der Waals surface area contributed by atoms with Crippen LogP contribution in [0.3, 0.4) is 0 Å². The number of rotatable bonds is 8. The molecule has 1 saturated heterocycles. The molecule has 6 nitrogen and oxygen atoms in total. The van der Waals surface area contributed by atoms with Crippen molar-refractivity contribution in [1.82, 2.24) is 20.0 Å². The number of piperazine rings is 1. The zero-order valence-corrected chi connectivity index (χ0v) is 14.2. The van der Waals surface area contributed by atoms with Crippen LogP contribution in [0.25, 0.3) is 0 Å². The van der Waals surface area contributed by atoms with E-state index in [1.54, 1.807) is 14.0 Å². The Kier molecular flexibility index (Phi) is 7.06. The number of carboxylic acid groups (broad SMARTS) is 1. The number of hydrogen-bond acceptors (Lipinski definition) is 5. The summed E-state index contributed by atoms with van der Waals surface area (Å²) in [6.45, 7) is 10.3. The second-order valence-electron chi connectivity index (χ2n) is 6.62. The molecule has 0 bridgehead atoms. The van der Waals surface area contributed by atoms with Crippen molar-refractivity contribution in [2.75, 3.05) is 60.4 Å². The topological polar surface area (TPSA) is 59.0 Å². The van der Waals surface area contributed by atoms with Crippen LogP contribution in [0.5, 0.6) is 0 Å². The van der Waals surface area contributed by atoms with Gasteiger partial charge in [-0.1, -0.05) is 0 Å². The van der Waals surface area contributed by atoms with E-state index in [2.05, 4.69) is 41.0 Å². The lowest BCUT2D eigenvalue weighted by molar-refractivity contribution is -0.144. The lowest BCUT2D eigenvalue weighted by Crippen LogP contribution is -2.55. The van der Waals surface area contributed by atoms with E-state index >= 15 is 0 Å².